The zero-order valence-corrected chi connectivity index (χ0v) is 17.2. The predicted octanol–water partition coefficient (Wildman–Crippen LogP) is 4.28. The first-order chi connectivity index (χ1) is 15.3. The van der Waals surface area contributed by atoms with Crippen molar-refractivity contribution in [3.63, 3.8) is 0 Å². The van der Waals surface area contributed by atoms with Crippen molar-refractivity contribution in [1.82, 2.24) is 15.5 Å². The standard InChI is InChI=1S/C23H23F4N5/c1-15(30-20-10-12-28-14-18(20)24)32-13-5-11-29-21-9-4-8-19(31-22(21)32)16-6-2-3-7-17(16)23(25,26)27/h2-4,6-8,10,12,14,18,20,29-30H,1,5,9,11,13H2. The second kappa shape index (κ2) is 9.02. The maximum absolute atomic E-state index is 14.2. The maximum Gasteiger partial charge on any atom is 0.417 e. The van der Waals surface area contributed by atoms with Crippen LogP contribution in [0.15, 0.2) is 82.6 Å². The third-order valence-corrected chi connectivity index (χ3v) is 5.37. The van der Waals surface area contributed by atoms with Gasteiger partial charge >= 0.3 is 6.18 Å². The number of rotatable bonds is 4. The van der Waals surface area contributed by atoms with Gasteiger partial charge in [0.15, 0.2) is 12.0 Å². The minimum Gasteiger partial charge on any atom is -0.385 e. The first-order valence-electron chi connectivity index (χ1n) is 10.3. The molecule has 0 saturated carbocycles. The number of hydrogen-bond donors (Lipinski definition) is 2. The molecule has 2 N–H and O–H groups in total. The van der Waals surface area contributed by atoms with E-state index in [0.29, 0.717) is 31.2 Å². The topological polar surface area (TPSA) is 52.0 Å². The van der Waals surface area contributed by atoms with Crippen LogP contribution in [0.3, 0.4) is 0 Å². The fraction of sp³-hybridized carbons (Fsp3) is 0.304. The second-order valence-corrected chi connectivity index (χ2v) is 7.58. The van der Waals surface area contributed by atoms with Crippen LogP contribution in [0.1, 0.15) is 24.0 Å². The number of alkyl halides is 4. The van der Waals surface area contributed by atoms with Crippen LogP contribution in [0, 0.1) is 0 Å². The molecule has 2 unspecified atom stereocenters. The summed E-state index contributed by atoms with van der Waals surface area (Å²) in [4.78, 5) is 10.2. The van der Waals surface area contributed by atoms with Crippen molar-refractivity contribution in [2.75, 3.05) is 13.1 Å². The molecule has 3 aliphatic heterocycles. The highest BCUT2D eigenvalue weighted by atomic mass is 19.4. The van der Waals surface area contributed by atoms with Crippen molar-refractivity contribution in [1.29, 1.82) is 0 Å². The van der Waals surface area contributed by atoms with Crippen LogP contribution >= 0.6 is 0 Å². The molecule has 168 valence electrons. The van der Waals surface area contributed by atoms with E-state index < -0.39 is 24.0 Å². The average Bonchev–Trinajstić information content (AvgIpc) is 3.09. The lowest BCUT2D eigenvalue weighted by atomic mass is 10.0. The fourth-order valence-electron chi connectivity index (χ4n) is 3.79. The summed E-state index contributed by atoms with van der Waals surface area (Å²) in [5.74, 6) is 0.892. The molecule has 9 heteroatoms. The highest BCUT2D eigenvalue weighted by molar-refractivity contribution is 6.10. The van der Waals surface area contributed by atoms with Crippen LogP contribution in [-0.2, 0) is 6.18 Å². The Morgan fingerprint density at radius 2 is 2.06 bits per heavy atom. The van der Waals surface area contributed by atoms with E-state index in [2.05, 4.69) is 27.2 Å². The van der Waals surface area contributed by atoms with Crippen molar-refractivity contribution in [2.45, 2.75) is 31.2 Å². The van der Waals surface area contributed by atoms with Gasteiger partial charge in [0, 0.05) is 37.5 Å². The lowest BCUT2D eigenvalue weighted by Crippen LogP contribution is -2.42. The third kappa shape index (κ3) is 4.61. The average molecular weight is 445 g/mol. The Kier molecular flexibility index (Phi) is 6.16. The zero-order chi connectivity index (χ0) is 22.7. The van der Waals surface area contributed by atoms with Gasteiger partial charge in [0.05, 0.1) is 23.0 Å². The Morgan fingerprint density at radius 3 is 2.84 bits per heavy atom. The van der Waals surface area contributed by atoms with Gasteiger partial charge in [0.1, 0.15) is 5.82 Å². The molecule has 0 aromatic heterocycles. The summed E-state index contributed by atoms with van der Waals surface area (Å²) in [6, 6.07) is 4.74. The van der Waals surface area contributed by atoms with E-state index >= 15 is 0 Å². The molecule has 1 aromatic rings. The van der Waals surface area contributed by atoms with Gasteiger partial charge in [-0.15, -0.1) is 0 Å². The molecule has 0 bridgehead atoms. The van der Waals surface area contributed by atoms with Crippen molar-refractivity contribution in [3.05, 3.63) is 83.7 Å². The molecule has 0 spiro atoms. The number of halogens is 4. The maximum atomic E-state index is 14.2. The summed E-state index contributed by atoms with van der Waals surface area (Å²) in [6.07, 6.45) is 3.12. The Labute approximate surface area is 183 Å². The third-order valence-electron chi connectivity index (χ3n) is 5.37. The van der Waals surface area contributed by atoms with Crippen LogP contribution < -0.4 is 10.6 Å². The minimum atomic E-state index is -4.51. The van der Waals surface area contributed by atoms with Crippen molar-refractivity contribution >= 4 is 11.9 Å². The van der Waals surface area contributed by atoms with Gasteiger partial charge in [-0.2, -0.15) is 13.2 Å². The molecule has 32 heavy (non-hydrogen) atoms. The molecule has 5 nitrogen and oxygen atoms in total. The van der Waals surface area contributed by atoms with E-state index in [1.807, 2.05) is 0 Å². The first-order valence-corrected chi connectivity index (χ1v) is 10.3. The van der Waals surface area contributed by atoms with Crippen LogP contribution in [0.4, 0.5) is 17.6 Å². The van der Waals surface area contributed by atoms with E-state index in [4.69, 9.17) is 0 Å². The van der Waals surface area contributed by atoms with Crippen LogP contribution in [0.5, 0.6) is 0 Å². The minimum absolute atomic E-state index is 0.00279. The second-order valence-electron chi connectivity index (χ2n) is 7.58. The summed E-state index contributed by atoms with van der Waals surface area (Å²) in [5, 5.41) is 6.37. The summed E-state index contributed by atoms with van der Waals surface area (Å²) >= 11 is 0. The molecule has 0 fully saturated rings. The molecule has 4 rings (SSSR count). The van der Waals surface area contributed by atoms with Gasteiger partial charge in [-0.3, -0.25) is 4.99 Å². The highest BCUT2D eigenvalue weighted by Crippen LogP contribution is 2.33. The zero-order valence-electron chi connectivity index (χ0n) is 17.2. The number of nitrogens with one attached hydrogen (secondary N) is 2. The van der Waals surface area contributed by atoms with Crippen LogP contribution in [-0.4, -0.2) is 42.1 Å². The highest BCUT2D eigenvalue weighted by Gasteiger charge is 2.34. The first kappa shape index (κ1) is 21.9. The van der Waals surface area contributed by atoms with Gasteiger partial charge in [-0.05, 0) is 24.6 Å². The molecular weight excluding hydrogens is 422 g/mol. The van der Waals surface area contributed by atoms with E-state index in [0.717, 1.165) is 18.2 Å². The number of allylic oxidation sites excluding steroid dienone is 2. The molecular formula is C23H23F4N5. The lowest BCUT2D eigenvalue weighted by Gasteiger charge is -2.30. The Hall–Kier alpha value is -3.36. The smallest absolute Gasteiger partial charge is 0.385 e. The molecule has 3 aliphatic rings. The van der Waals surface area contributed by atoms with Crippen LogP contribution in [0.2, 0.25) is 0 Å². The molecule has 0 saturated heterocycles. The molecule has 0 radical (unpaired) electrons. The van der Waals surface area contributed by atoms with Gasteiger partial charge in [-0.1, -0.05) is 30.9 Å². The molecule has 2 atom stereocenters. The van der Waals surface area contributed by atoms with E-state index in [-0.39, 0.29) is 11.3 Å². The van der Waals surface area contributed by atoms with E-state index in [9.17, 15) is 17.6 Å². The molecule has 0 aliphatic carbocycles. The number of nitrogens with zero attached hydrogens (tertiary/aromatic N) is 3. The lowest BCUT2D eigenvalue weighted by molar-refractivity contribution is -0.137. The monoisotopic (exact) mass is 445 g/mol. The number of hydrogen-bond acceptors (Lipinski definition) is 5. The SMILES string of the molecule is C=C(NC1C=CN=CC1F)N1CCCNC2=C1N=C(c1ccccc1C(F)(F)F)C=CC2. The largest absolute Gasteiger partial charge is 0.417 e. The fourth-order valence-corrected chi connectivity index (χ4v) is 3.79. The molecule has 0 amide bonds. The van der Waals surface area contributed by atoms with Crippen LogP contribution in [0.25, 0.3) is 0 Å². The summed E-state index contributed by atoms with van der Waals surface area (Å²) in [7, 11) is 0. The molecule has 1 aromatic carbocycles. The predicted molar refractivity (Wildman–Crippen MR) is 117 cm³/mol. The molecule has 3 heterocycles. The van der Waals surface area contributed by atoms with Crippen molar-refractivity contribution in [2.24, 2.45) is 9.98 Å². The Morgan fingerprint density at radius 1 is 1.25 bits per heavy atom. The van der Waals surface area contributed by atoms with Crippen molar-refractivity contribution < 1.29 is 17.6 Å². The number of benzene rings is 1. The Bertz CT molecular complexity index is 1040. The van der Waals surface area contributed by atoms with E-state index in [1.54, 1.807) is 29.2 Å². The summed E-state index contributed by atoms with van der Waals surface area (Å²) in [6.45, 7) is 5.27. The van der Waals surface area contributed by atoms with E-state index in [1.165, 1.54) is 24.5 Å². The quantitative estimate of drug-likeness (QED) is 0.681. The van der Waals surface area contributed by atoms with Gasteiger partial charge in [-0.25, -0.2) is 9.38 Å². The summed E-state index contributed by atoms with van der Waals surface area (Å²) in [5.41, 5.74) is 0.240. The Balaban J connectivity index is 1.70. The van der Waals surface area contributed by atoms with Gasteiger partial charge in [0.25, 0.3) is 0 Å². The van der Waals surface area contributed by atoms with Crippen molar-refractivity contribution in [3.8, 4) is 0 Å². The van der Waals surface area contributed by atoms with Gasteiger partial charge < -0.3 is 15.5 Å². The number of aliphatic imine (C=N–C) groups is 2. The van der Waals surface area contributed by atoms with Gasteiger partial charge in [0.2, 0.25) is 0 Å². The summed E-state index contributed by atoms with van der Waals surface area (Å²) < 4.78 is 55.0. The normalized spacial score (nSPS) is 23.1.